The lowest BCUT2D eigenvalue weighted by Crippen LogP contribution is -2.32. The zero-order valence-electron chi connectivity index (χ0n) is 17.4. The average molecular weight is 427 g/mol. The molecule has 2 aromatic carbocycles. The van der Waals surface area contributed by atoms with Gasteiger partial charge in [-0.1, -0.05) is 54.8 Å². The van der Waals surface area contributed by atoms with E-state index in [0.717, 1.165) is 25.7 Å². The van der Waals surface area contributed by atoms with E-state index in [9.17, 15) is 14.4 Å². The lowest BCUT2D eigenvalue weighted by atomic mass is 9.78. The number of benzene rings is 2. The van der Waals surface area contributed by atoms with Crippen LogP contribution in [0.25, 0.3) is 0 Å². The van der Waals surface area contributed by atoms with Gasteiger partial charge in [0.2, 0.25) is 11.8 Å². The molecule has 0 aliphatic heterocycles. The topological polar surface area (TPSA) is 66.5 Å². The van der Waals surface area contributed by atoms with Crippen LogP contribution in [0.4, 0.5) is 5.69 Å². The minimum Gasteiger partial charge on any atom is -0.349 e. The predicted octanol–water partition coefficient (Wildman–Crippen LogP) is 4.94. The Morgan fingerprint density at radius 3 is 2.30 bits per heavy atom. The van der Waals surface area contributed by atoms with Crippen LogP contribution in [0.5, 0.6) is 0 Å². The van der Waals surface area contributed by atoms with E-state index in [1.54, 1.807) is 61.5 Å². The molecule has 1 fully saturated rings. The zero-order valence-corrected chi connectivity index (χ0v) is 18.2. The molecule has 1 aliphatic rings. The molecule has 0 spiro atoms. The number of carbonyl (C=O) groups excluding carboxylic acids is 3. The molecule has 2 aromatic rings. The van der Waals surface area contributed by atoms with E-state index in [1.165, 1.54) is 0 Å². The van der Waals surface area contributed by atoms with Gasteiger partial charge in [-0.05, 0) is 36.5 Å². The van der Waals surface area contributed by atoms with Crippen molar-refractivity contribution in [3.05, 3.63) is 64.7 Å². The molecule has 1 saturated carbocycles. The van der Waals surface area contributed by atoms with Crippen molar-refractivity contribution in [1.82, 2.24) is 4.90 Å². The van der Waals surface area contributed by atoms with Crippen LogP contribution in [0.15, 0.2) is 48.5 Å². The Morgan fingerprint density at radius 1 is 1.00 bits per heavy atom. The zero-order chi connectivity index (χ0) is 21.7. The van der Waals surface area contributed by atoms with Crippen molar-refractivity contribution >= 4 is 34.9 Å². The number of anilines is 1. The van der Waals surface area contributed by atoms with Gasteiger partial charge in [-0.2, -0.15) is 0 Å². The molecule has 6 heteroatoms. The number of carbonyl (C=O) groups is 3. The van der Waals surface area contributed by atoms with Crippen molar-refractivity contribution in [3.63, 3.8) is 0 Å². The van der Waals surface area contributed by atoms with Gasteiger partial charge in [-0.3, -0.25) is 14.4 Å². The SMILES string of the molecule is CN(C)C(=O)CC1(CC(=O)Nc2ccc(Cl)cc2C(=O)c2ccccc2)CCCC1. The van der Waals surface area contributed by atoms with Crippen molar-refractivity contribution < 1.29 is 14.4 Å². The van der Waals surface area contributed by atoms with Gasteiger partial charge in [-0.15, -0.1) is 0 Å². The fourth-order valence-electron chi connectivity index (χ4n) is 4.11. The van der Waals surface area contributed by atoms with Crippen molar-refractivity contribution in [2.75, 3.05) is 19.4 Å². The third-order valence-electron chi connectivity index (χ3n) is 5.76. The molecule has 1 aliphatic carbocycles. The van der Waals surface area contributed by atoms with Crippen LogP contribution in [0.1, 0.15) is 54.4 Å². The van der Waals surface area contributed by atoms with Gasteiger partial charge in [0, 0.05) is 43.1 Å². The summed E-state index contributed by atoms with van der Waals surface area (Å²) in [7, 11) is 3.47. The van der Waals surface area contributed by atoms with E-state index in [1.807, 2.05) is 6.07 Å². The van der Waals surface area contributed by atoms with E-state index in [2.05, 4.69) is 5.32 Å². The molecule has 0 saturated heterocycles. The molecule has 1 N–H and O–H groups in total. The van der Waals surface area contributed by atoms with Crippen LogP contribution in [-0.4, -0.2) is 36.6 Å². The molecule has 0 aromatic heterocycles. The normalized spacial score (nSPS) is 14.9. The van der Waals surface area contributed by atoms with Gasteiger partial charge in [0.1, 0.15) is 0 Å². The summed E-state index contributed by atoms with van der Waals surface area (Å²) in [5.74, 6) is -0.351. The lowest BCUT2D eigenvalue weighted by Gasteiger charge is -2.29. The van der Waals surface area contributed by atoms with Crippen LogP contribution in [-0.2, 0) is 9.59 Å². The van der Waals surface area contributed by atoms with Crippen LogP contribution in [0.2, 0.25) is 5.02 Å². The molecule has 2 amide bonds. The maximum atomic E-state index is 13.0. The van der Waals surface area contributed by atoms with Crippen molar-refractivity contribution in [1.29, 1.82) is 0 Å². The summed E-state index contributed by atoms with van der Waals surface area (Å²) in [6, 6.07) is 13.8. The largest absolute Gasteiger partial charge is 0.349 e. The lowest BCUT2D eigenvalue weighted by molar-refractivity contribution is -0.131. The molecule has 5 nitrogen and oxygen atoms in total. The van der Waals surface area contributed by atoms with E-state index in [0.29, 0.717) is 28.3 Å². The summed E-state index contributed by atoms with van der Waals surface area (Å²) >= 11 is 6.12. The van der Waals surface area contributed by atoms with Gasteiger partial charge < -0.3 is 10.2 Å². The molecule has 0 unspecified atom stereocenters. The van der Waals surface area contributed by atoms with Crippen LogP contribution in [0.3, 0.4) is 0 Å². The fraction of sp³-hybridized carbons (Fsp3) is 0.375. The molecular formula is C24H27ClN2O3. The summed E-state index contributed by atoms with van der Waals surface area (Å²) in [4.78, 5) is 39.8. The second kappa shape index (κ2) is 9.43. The summed E-state index contributed by atoms with van der Waals surface area (Å²) in [5, 5.41) is 3.33. The van der Waals surface area contributed by atoms with Gasteiger partial charge >= 0.3 is 0 Å². The Labute approximate surface area is 182 Å². The minimum absolute atomic E-state index is 0.0381. The quantitative estimate of drug-likeness (QED) is 0.638. The Kier molecular flexibility index (Phi) is 6.93. The summed E-state index contributed by atoms with van der Waals surface area (Å²) < 4.78 is 0. The number of hydrogen-bond acceptors (Lipinski definition) is 3. The third-order valence-corrected chi connectivity index (χ3v) is 6.00. The van der Waals surface area contributed by atoms with Crippen LogP contribution in [0, 0.1) is 5.41 Å². The number of nitrogens with zero attached hydrogens (tertiary/aromatic N) is 1. The fourth-order valence-corrected chi connectivity index (χ4v) is 4.29. The molecule has 30 heavy (non-hydrogen) atoms. The van der Waals surface area contributed by atoms with Crippen molar-refractivity contribution in [2.24, 2.45) is 5.41 Å². The molecule has 158 valence electrons. The smallest absolute Gasteiger partial charge is 0.224 e. The number of hydrogen-bond donors (Lipinski definition) is 1. The number of nitrogens with one attached hydrogen (secondary N) is 1. The number of halogens is 1. The third kappa shape index (κ3) is 5.28. The highest BCUT2D eigenvalue weighted by molar-refractivity contribution is 6.31. The van der Waals surface area contributed by atoms with Crippen molar-refractivity contribution in [2.45, 2.75) is 38.5 Å². The average Bonchev–Trinajstić information content (AvgIpc) is 3.17. The number of rotatable bonds is 7. The van der Waals surface area contributed by atoms with E-state index in [4.69, 9.17) is 11.6 Å². The number of ketones is 1. The highest BCUT2D eigenvalue weighted by Crippen LogP contribution is 2.44. The van der Waals surface area contributed by atoms with Crippen LogP contribution < -0.4 is 5.32 Å². The standard InChI is InChI=1S/C24H27ClN2O3/c1-27(2)22(29)16-24(12-6-7-13-24)15-21(28)26-20-11-10-18(25)14-19(20)23(30)17-8-4-3-5-9-17/h3-5,8-11,14H,6-7,12-13,15-16H2,1-2H3,(H,26,28). The maximum absolute atomic E-state index is 13.0. The first-order chi connectivity index (χ1) is 14.3. The highest BCUT2D eigenvalue weighted by atomic mass is 35.5. The van der Waals surface area contributed by atoms with Gasteiger partial charge in [0.15, 0.2) is 5.78 Å². The predicted molar refractivity (Wildman–Crippen MR) is 119 cm³/mol. The van der Waals surface area contributed by atoms with Gasteiger partial charge in [-0.25, -0.2) is 0 Å². The molecular weight excluding hydrogens is 400 g/mol. The molecule has 3 rings (SSSR count). The van der Waals surface area contributed by atoms with Gasteiger partial charge in [0.25, 0.3) is 0 Å². The van der Waals surface area contributed by atoms with E-state index >= 15 is 0 Å². The maximum Gasteiger partial charge on any atom is 0.224 e. The summed E-state index contributed by atoms with van der Waals surface area (Å²) in [6.45, 7) is 0. The second-order valence-electron chi connectivity index (χ2n) is 8.28. The Bertz CT molecular complexity index is 935. The Hall–Kier alpha value is -2.66. The summed E-state index contributed by atoms with van der Waals surface area (Å²) in [6.07, 6.45) is 4.38. The molecule has 0 heterocycles. The first-order valence-electron chi connectivity index (χ1n) is 10.2. The number of amides is 2. The van der Waals surface area contributed by atoms with Crippen molar-refractivity contribution in [3.8, 4) is 0 Å². The first kappa shape index (κ1) is 22.0. The molecule has 0 bridgehead atoms. The second-order valence-corrected chi connectivity index (χ2v) is 8.72. The Balaban J connectivity index is 1.79. The highest BCUT2D eigenvalue weighted by Gasteiger charge is 2.38. The van der Waals surface area contributed by atoms with E-state index < -0.39 is 0 Å². The molecule has 0 atom stereocenters. The summed E-state index contributed by atoms with van der Waals surface area (Å²) in [5.41, 5.74) is 0.998. The molecule has 0 radical (unpaired) electrons. The van der Waals surface area contributed by atoms with E-state index in [-0.39, 0.29) is 29.4 Å². The minimum atomic E-state index is -0.318. The van der Waals surface area contributed by atoms with Gasteiger partial charge in [0.05, 0.1) is 5.69 Å². The first-order valence-corrected chi connectivity index (χ1v) is 10.6. The monoisotopic (exact) mass is 426 g/mol. The van der Waals surface area contributed by atoms with Crippen LogP contribution >= 0.6 is 11.6 Å². The Morgan fingerprint density at radius 2 is 1.67 bits per heavy atom.